The number of amides is 1. The van der Waals surface area contributed by atoms with Crippen molar-refractivity contribution < 1.29 is 14.3 Å². The minimum absolute atomic E-state index is 0.267. The van der Waals surface area contributed by atoms with Gasteiger partial charge in [0.15, 0.2) is 11.5 Å². The highest BCUT2D eigenvalue weighted by molar-refractivity contribution is 14.1. The Balaban J connectivity index is 2.11. The van der Waals surface area contributed by atoms with Gasteiger partial charge in [0.1, 0.15) is 0 Å². The molecule has 1 N–H and O–H groups in total. The Hall–Kier alpha value is -2.09. The molecule has 22 heavy (non-hydrogen) atoms. The number of hydrogen-bond donors (Lipinski definition) is 1. The predicted octanol–water partition coefficient (Wildman–Crippen LogP) is 3.07. The summed E-state index contributed by atoms with van der Waals surface area (Å²) in [6, 6.07) is 12.7. The molecule has 1 amide bonds. The molecule has 0 bridgehead atoms. The Morgan fingerprint density at radius 3 is 2.64 bits per heavy atom. The van der Waals surface area contributed by atoms with Gasteiger partial charge in [0.05, 0.1) is 20.4 Å². The molecule has 2 aromatic carbocycles. The van der Waals surface area contributed by atoms with Crippen molar-refractivity contribution >= 4 is 34.7 Å². The number of rotatable bonds is 5. The van der Waals surface area contributed by atoms with Crippen molar-refractivity contribution in [2.75, 3.05) is 14.2 Å². The van der Waals surface area contributed by atoms with Gasteiger partial charge in [-0.05, 0) is 52.9 Å². The van der Waals surface area contributed by atoms with Crippen LogP contribution < -0.4 is 14.9 Å². The molecule has 0 spiro atoms. The van der Waals surface area contributed by atoms with E-state index >= 15 is 0 Å². The first-order chi connectivity index (χ1) is 10.7. The molecule has 0 saturated carbocycles. The molecule has 5 nitrogen and oxygen atoms in total. The summed E-state index contributed by atoms with van der Waals surface area (Å²) in [6.45, 7) is 0. The Kier molecular flexibility index (Phi) is 5.76. The average Bonchev–Trinajstić information content (AvgIpc) is 2.54. The van der Waals surface area contributed by atoms with E-state index in [9.17, 15) is 4.79 Å². The second-order valence-electron chi connectivity index (χ2n) is 4.29. The number of nitrogens with zero attached hydrogens (tertiary/aromatic N) is 1. The zero-order chi connectivity index (χ0) is 15.9. The van der Waals surface area contributed by atoms with Crippen LogP contribution in [0.15, 0.2) is 47.6 Å². The van der Waals surface area contributed by atoms with Gasteiger partial charge >= 0.3 is 0 Å². The van der Waals surface area contributed by atoms with Gasteiger partial charge in [-0.15, -0.1) is 0 Å². The van der Waals surface area contributed by atoms with Crippen LogP contribution in [-0.4, -0.2) is 26.3 Å². The van der Waals surface area contributed by atoms with Crippen LogP contribution in [0.1, 0.15) is 15.9 Å². The van der Waals surface area contributed by atoms with Crippen molar-refractivity contribution in [3.8, 4) is 11.5 Å². The van der Waals surface area contributed by atoms with Crippen molar-refractivity contribution in [3.63, 3.8) is 0 Å². The lowest BCUT2D eigenvalue weighted by molar-refractivity contribution is 0.0955. The average molecular weight is 410 g/mol. The fraction of sp³-hybridized carbons (Fsp3) is 0.125. The summed E-state index contributed by atoms with van der Waals surface area (Å²) in [4.78, 5) is 12.0. The third kappa shape index (κ3) is 3.97. The number of benzene rings is 2. The van der Waals surface area contributed by atoms with Crippen LogP contribution in [0.2, 0.25) is 0 Å². The zero-order valence-corrected chi connectivity index (χ0v) is 14.3. The fourth-order valence-electron chi connectivity index (χ4n) is 1.87. The molecule has 0 atom stereocenters. The van der Waals surface area contributed by atoms with E-state index in [2.05, 4.69) is 33.1 Å². The molecule has 0 saturated heterocycles. The van der Waals surface area contributed by atoms with Crippen LogP contribution in [-0.2, 0) is 0 Å². The Morgan fingerprint density at radius 2 is 1.95 bits per heavy atom. The van der Waals surface area contributed by atoms with Gasteiger partial charge in [-0.1, -0.05) is 12.1 Å². The van der Waals surface area contributed by atoms with Crippen molar-refractivity contribution in [2.45, 2.75) is 0 Å². The van der Waals surface area contributed by atoms with Gasteiger partial charge in [0.25, 0.3) is 5.91 Å². The summed E-state index contributed by atoms with van der Waals surface area (Å²) in [5.74, 6) is 0.907. The third-order valence-electron chi connectivity index (χ3n) is 2.89. The number of carbonyl (C=O) groups is 1. The maximum absolute atomic E-state index is 12.0. The SMILES string of the molecule is COc1cccc(/C=N\NC(=O)c2cccc(I)c2)c1OC. The first-order valence-corrected chi connectivity index (χ1v) is 7.53. The molecule has 2 rings (SSSR count). The molecule has 0 aromatic heterocycles. The van der Waals surface area contributed by atoms with E-state index < -0.39 is 0 Å². The summed E-state index contributed by atoms with van der Waals surface area (Å²) >= 11 is 2.15. The molecule has 0 radical (unpaired) electrons. The first kappa shape index (κ1) is 16.3. The second kappa shape index (κ2) is 7.79. The number of methoxy groups -OCH3 is 2. The fourth-order valence-corrected chi connectivity index (χ4v) is 2.41. The standard InChI is InChI=1S/C16H15IN2O3/c1-21-14-8-4-6-12(15(14)22-2)10-18-19-16(20)11-5-3-7-13(17)9-11/h3-10H,1-2H3,(H,19,20)/b18-10-. The van der Waals surface area contributed by atoms with Gasteiger partial charge in [-0.2, -0.15) is 5.10 Å². The minimum Gasteiger partial charge on any atom is -0.493 e. The van der Waals surface area contributed by atoms with Gasteiger partial charge in [0.2, 0.25) is 0 Å². The van der Waals surface area contributed by atoms with Crippen molar-refractivity contribution in [1.82, 2.24) is 5.43 Å². The van der Waals surface area contributed by atoms with Crippen molar-refractivity contribution in [2.24, 2.45) is 5.10 Å². The number of ether oxygens (including phenoxy) is 2. The molecule has 0 unspecified atom stereocenters. The van der Waals surface area contributed by atoms with Gasteiger partial charge < -0.3 is 9.47 Å². The van der Waals surface area contributed by atoms with E-state index in [1.807, 2.05) is 24.3 Å². The third-order valence-corrected chi connectivity index (χ3v) is 3.56. The van der Waals surface area contributed by atoms with Crippen LogP contribution in [0.4, 0.5) is 0 Å². The zero-order valence-electron chi connectivity index (χ0n) is 12.2. The van der Waals surface area contributed by atoms with E-state index in [4.69, 9.17) is 9.47 Å². The van der Waals surface area contributed by atoms with Gasteiger partial charge in [-0.25, -0.2) is 5.43 Å². The lowest BCUT2D eigenvalue weighted by atomic mass is 10.2. The number of halogens is 1. The van der Waals surface area contributed by atoms with Gasteiger partial charge in [-0.3, -0.25) is 4.79 Å². The number of para-hydroxylation sites is 1. The quantitative estimate of drug-likeness (QED) is 0.468. The highest BCUT2D eigenvalue weighted by Gasteiger charge is 2.08. The second-order valence-corrected chi connectivity index (χ2v) is 5.54. The predicted molar refractivity (Wildman–Crippen MR) is 93.8 cm³/mol. The molecule has 0 aliphatic heterocycles. The molecule has 6 heteroatoms. The summed E-state index contributed by atoms with van der Waals surface area (Å²) in [5, 5.41) is 3.97. The van der Waals surface area contributed by atoms with E-state index in [1.54, 1.807) is 32.4 Å². The van der Waals surface area contributed by atoms with Crippen LogP contribution in [0.5, 0.6) is 11.5 Å². The molecular formula is C16H15IN2O3. The van der Waals surface area contributed by atoms with Crippen molar-refractivity contribution in [1.29, 1.82) is 0 Å². The maximum atomic E-state index is 12.0. The summed E-state index contributed by atoms with van der Waals surface area (Å²) in [5.41, 5.74) is 3.76. The van der Waals surface area contributed by atoms with Crippen molar-refractivity contribution in [3.05, 3.63) is 57.2 Å². The largest absolute Gasteiger partial charge is 0.493 e. The monoisotopic (exact) mass is 410 g/mol. The minimum atomic E-state index is -0.267. The normalized spacial score (nSPS) is 10.5. The molecule has 2 aromatic rings. The molecule has 114 valence electrons. The van der Waals surface area contributed by atoms with Crippen LogP contribution >= 0.6 is 22.6 Å². The summed E-state index contributed by atoms with van der Waals surface area (Å²) in [6.07, 6.45) is 1.52. The molecule has 0 aliphatic carbocycles. The molecular weight excluding hydrogens is 395 g/mol. The van der Waals surface area contributed by atoms with E-state index in [-0.39, 0.29) is 5.91 Å². The van der Waals surface area contributed by atoms with Crippen LogP contribution in [0.3, 0.4) is 0 Å². The maximum Gasteiger partial charge on any atom is 0.271 e. The Morgan fingerprint density at radius 1 is 1.18 bits per heavy atom. The topological polar surface area (TPSA) is 59.9 Å². The number of nitrogens with one attached hydrogen (secondary N) is 1. The summed E-state index contributed by atoms with van der Waals surface area (Å²) in [7, 11) is 3.12. The molecule has 0 heterocycles. The van der Waals surface area contributed by atoms with E-state index in [0.717, 1.165) is 3.57 Å². The highest BCUT2D eigenvalue weighted by Crippen LogP contribution is 2.29. The Labute approximate surface area is 142 Å². The number of hydrazone groups is 1. The molecule has 0 fully saturated rings. The van der Waals surface area contributed by atoms with E-state index in [0.29, 0.717) is 22.6 Å². The first-order valence-electron chi connectivity index (χ1n) is 6.45. The smallest absolute Gasteiger partial charge is 0.271 e. The lowest BCUT2D eigenvalue weighted by Gasteiger charge is -2.09. The Bertz CT molecular complexity index is 702. The molecule has 0 aliphatic rings. The number of hydrogen-bond acceptors (Lipinski definition) is 4. The summed E-state index contributed by atoms with van der Waals surface area (Å²) < 4.78 is 11.5. The highest BCUT2D eigenvalue weighted by atomic mass is 127. The van der Waals surface area contributed by atoms with E-state index in [1.165, 1.54) is 6.21 Å². The van der Waals surface area contributed by atoms with Crippen LogP contribution in [0.25, 0.3) is 0 Å². The lowest BCUT2D eigenvalue weighted by Crippen LogP contribution is -2.17. The van der Waals surface area contributed by atoms with Crippen LogP contribution in [0, 0.1) is 3.57 Å². The number of carbonyl (C=O) groups excluding carboxylic acids is 1. The van der Waals surface area contributed by atoms with Gasteiger partial charge in [0, 0.05) is 14.7 Å².